The second-order valence-corrected chi connectivity index (χ2v) is 7.78. The van der Waals surface area contributed by atoms with Crippen molar-refractivity contribution in [2.24, 2.45) is 0 Å². The fourth-order valence-corrected chi connectivity index (χ4v) is 3.79. The molecule has 11 heteroatoms. The maximum atomic E-state index is 12.9. The van der Waals surface area contributed by atoms with E-state index in [0.29, 0.717) is 33.9 Å². The number of hydrogen-bond donors (Lipinski definition) is 1. The molecule has 188 valence electrons. The minimum atomic E-state index is -0.545. The number of para-hydroxylation sites is 1. The average Bonchev–Trinajstić information content (AvgIpc) is 3.72. The third-order valence-electron chi connectivity index (χ3n) is 5.59. The number of esters is 1. The summed E-state index contributed by atoms with van der Waals surface area (Å²) in [6.07, 6.45) is 6.83. The summed E-state index contributed by atoms with van der Waals surface area (Å²) >= 11 is 0. The number of H-pyrrole nitrogens is 1. The number of nitrogens with zero attached hydrogens (tertiary/aromatic N) is 4. The predicted octanol–water partition coefficient (Wildman–Crippen LogP) is 4.30. The first-order valence-electron chi connectivity index (χ1n) is 11.2. The highest BCUT2D eigenvalue weighted by Gasteiger charge is 2.20. The minimum Gasteiger partial charge on any atom is -0.493 e. The van der Waals surface area contributed by atoms with Crippen molar-refractivity contribution >= 4 is 5.97 Å². The Morgan fingerprint density at radius 2 is 1.73 bits per heavy atom. The van der Waals surface area contributed by atoms with Gasteiger partial charge in [0.2, 0.25) is 11.6 Å². The Kier molecular flexibility index (Phi) is 6.58. The van der Waals surface area contributed by atoms with Gasteiger partial charge in [0.15, 0.2) is 18.1 Å². The van der Waals surface area contributed by atoms with Crippen LogP contribution in [0.3, 0.4) is 0 Å². The van der Waals surface area contributed by atoms with Crippen molar-refractivity contribution in [3.8, 4) is 45.5 Å². The highest BCUT2D eigenvalue weighted by molar-refractivity contribution is 5.97. The molecule has 0 saturated heterocycles. The van der Waals surface area contributed by atoms with Crippen molar-refractivity contribution < 1.29 is 28.2 Å². The van der Waals surface area contributed by atoms with E-state index in [1.54, 1.807) is 35.4 Å². The second-order valence-electron chi connectivity index (χ2n) is 7.78. The van der Waals surface area contributed by atoms with Crippen LogP contribution in [0.25, 0.3) is 28.3 Å². The number of aromatic amines is 1. The number of aromatic nitrogens is 5. The van der Waals surface area contributed by atoms with E-state index < -0.39 is 5.97 Å². The van der Waals surface area contributed by atoms with E-state index in [-0.39, 0.29) is 18.4 Å². The quantitative estimate of drug-likeness (QED) is 0.294. The zero-order valence-electron chi connectivity index (χ0n) is 20.3. The van der Waals surface area contributed by atoms with Crippen LogP contribution >= 0.6 is 0 Å². The Balaban J connectivity index is 1.30. The second kappa shape index (κ2) is 10.3. The first-order valence-corrected chi connectivity index (χ1v) is 11.2. The molecule has 0 radical (unpaired) electrons. The minimum absolute atomic E-state index is 0.131. The summed E-state index contributed by atoms with van der Waals surface area (Å²) in [5.74, 6) is 1.12. The predicted molar refractivity (Wildman–Crippen MR) is 132 cm³/mol. The first kappa shape index (κ1) is 23.7. The molecule has 1 N–H and O–H groups in total. The zero-order valence-corrected chi connectivity index (χ0v) is 20.3. The molecule has 5 rings (SSSR count). The lowest BCUT2D eigenvalue weighted by atomic mass is 10.1. The Morgan fingerprint density at radius 1 is 0.973 bits per heavy atom. The molecule has 37 heavy (non-hydrogen) atoms. The lowest BCUT2D eigenvalue weighted by molar-refractivity contribution is 0.0440. The van der Waals surface area contributed by atoms with Crippen molar-refractivity contribution in [2.75, 3.05) is 21.3 Å². The molecule has 0 aliphatic carbocycles. The monoisotopic (exact) mass is 501 g/mol. The van der Waals surface area contributed by atoms with Crippen molar-refractivity contribution in [3.63, 3.8) is 0 Å². The van der Waals surface area contributed by atoms with Crippen LogP contribution in [0.5, 0.6) is 17.2 Å². The van der Waals surface area contributed by atoms with Gasteiger partial charge in [-0.25, -0.2) is 9.48 Å². The Morgan fingerprint density at radius 3 is 2.43 bits per heavy atom. The maximum absolute atomic E-state index is 12.9. The molecule has 0 aliphatic heterocycles. The molecule has 0 unspecified atom stereocenters. The average molecular weight is 501 g/mol. The van der Waals surface area contributed by atoms with E-state index in [1.807, 2.05) is 36.5 Å². The normalized spacial score (nSPS) is 10.8. The number of nitrogens with one attached hydrogen (secondary N) is 1. The van der Waals surface area contributed by atoms with E-state index in [4.69, 9.17) is 23.4 Å². The third-order valence-corrected chi connectivity index (χ3v) is 5.59. The molecule has 0 amide bonds. The van der Waals surface area contributed by atoms with Gasteiger partial charge in [0.25, 0.3) is 5.89 Å². The number of rotatable bonds is 9. The van der Waals surface area contributed by atoms with Gasteiger partial charge in [0, 0.05) is 35.3 Å². The summed E-state index contributed by atoms with van der Waals surface area (Å²) in [5, 5.41) is 12.4. The van der Waals surface area contributed by atoms with Crippen LogP contribution in [-0.2, 0) is 11.3 Å². The molecular formula is C26H23N5O6. The van der Waals surface area contributed by atoms with Crippen molar-refractivity contribution in [1.82, 2.24) is 25.0 Å². The van der Waals surface area contributed by atoms with Crippen LogP contribution in [0, 0.1) is 0 Å². The van der Waals surface area contributed by atoms with Crippen LogP contribution in [0.2, 0.25) is 0 Å². The fourth-order valence-electron chi connectivity index (χ4n) is 3.79. The Hall–Kier alpha value is -5.06. The number of ether oxygens (including phenoxy) is 4. The van der Waals surface area contributed by atoms with Gasteiger partial charge >= 0.3 is 5.97 Å². The first-order chi connectivity index (χ1) is 18.1. The van der Waals surface area contributed by atoms with Gasteiger partial charge in [-0.15, -0.1) is 10.2 Å². The standard InChI is InChI=1S/C26H23N5O6/c1-33-21-9-16(10-22(34-2)24(21)35-3)25-30-29-23(37-25)15-36-26(32)20-13-27-12-19(20)17-11-28-31(14-17)18-7-5-4-6-8-18/h4-14,27H,15H2,1-3H3. The molecule has 3 aromatic heterocycles. The molecule has 3 heterocycles. The van der Waals surface area contributed by atoms with Gasteiger partial charge in [-0.2, -0.15) is 5.10 Å². The van der Waals surface area contributed by atoms with E-state index in [1.165, 1.54) is 21.3 Å². The van der Waals surface area contributed by atoms with Gasteiger partial charge in [-0.1, -0.05) is 18.2 Å². The number of carbonyl (C=O) groups is 1. The van der Waals surface area contributed by atoms with Gasteiger partial charge in [0.1, 0.15) is 0 Å². The molecule has 0 atom stereocenters. The highest BCUT2D eigenvalue weighted by Crippen LogP contribution is 2.40. The summed E-state index contributed by atoms with van der Waals surface area (Å²) < 4.78 is 29.0. The molecule has 0 spiro atoms. The van der Waals surface area contributed by atoms with Crippen molar-refractivity contribution in [2.45, 2.75) is 6.61 Å². The number of hydrogen-bond acceptors (Lipinski definition) is 9. The Bertz CT molecular complexity index is 1500. The highest BCUT2D eigenvalue weighted by atomic mass is 16.5. The smallest absolute Gasteiger partial charge is 0.340 e. The molecule has 0 fully saturated rings. The van der Waals surface area contributed by atoms with Crippen LogP contribution < -0.4 is 14.2 Å². The van der Waals surface area contributed by atoms with E-state index in [0.717, 1.165) is 11.3 Å². The SMILES string of the molecule is COc1cc(-c2nnc(COC(=O)c3c[nH]cc3-c3cnn(-c4ccccc4)c3)o2)cc(OC)c1OC. The summed E-state index contributed by atoms with van der Waals surface area (Å²) in [6, 6.07) is 13.1. The van der Waals surface area contributed by atoms with Crippen LogP contribution in [0.4, 0.5) is 0 Å². The molecular weight excluding hydrogens is 478 g/mol. The van der Waals surface area contributed by atoms with Crippen LogP contribution in [0.15, 0.2) is 71.7 Å². The molecule has 0 aliphatic rings. The fraction of sp³-hybridized carbons (Fsp3) is 0.154. The number of carbonyl (C=O) groups excluding carboxylic acids is 1. The number of benzene rings is 2. The largest absolute Gasteiger partial charge is 0.493 e. The summed E-state index contributed by atoms with van der Waals surface area (Å²) in [4.78, 5) is 15.8. The molecule has 2 aromatic carbocycles. The van der Waals surface area contributed by atoms with Crippen LogP contribution in [-0.4, -0.2) is 52.3 Å². The molecule has 11 nitrogen and oxygen atoms in total. The topological polar surface area (TPSA) is 127 Å². The van der Waals surface area contributed by atoms with Gasteiger partial charge in [0.05, 0.1) is 38.8 Å². The summed E-state index contributed by atoms with van der Waals surface area (Å²) in [5.41, 5.74) is 3.25. The van der Waals surface area contributed by atoms with Crippen molar-refractivity contribution in [1.29, 1.82) is 0 Å². The molecule has 5 aromatic rings. The zero-order chi connectivity index (χ0) is 25.8. The number of methoxy groups -OCH3 is 3. The van der Waals surface area contributed by atoms with Crippen LogP contribution in [0.1, 0.15) is 16.2 Å². The summed E-state index contributed by atoms with van der Waals surface area (Å²) in [7, 11) is 4.55. The van der Waals surface area contributed by atoms with Gasteiger partial charge < -0.3 is 28.3 Å². The Labute approximate surface area is 211 Å². The van der Waals surface area contributed by atoms with E-state index in [2.05, 4.69) is 20.3 Å². The van der Waals surface area contributed by atoms with Crippen molar-refractivity contribution in [3.05, 3.63) is 78.7 Å². The summed E-state index contributed by atoms with van der Waals surface area (Å²) in [6.45, 7) is -0.204. The molecule has 0 bridgehead atoms. The van der Waals surface area contributed by atoms with E-state index in [9.17, 15) is 4.79 Å². The van der Waals surface area contributed by atoms with Gasteiger partial charge in [-0.05, 0) is 24.3 Å². The third kappa shape index (κ3) is 4.74. The lowest BCUT2D eigenvalue weighted by Gasteiger charge is -2.12. The lowest BCUT2D eigenvalue weighted by Crippen LogP contribution is -2.05. The maximum Gasteiger partial charge on any atom is 0.340 e. The molecule has 0 saturated carbocycles. The van der Waals surface area contributed by atoms with E-state index >= 15 is 0 Å². The van der Waals surface area contributed by atoms with Gasteiger partial charge in [-0.3, -0.25) is 0 Å².